The summed E-state index contributed by atoms with van der Waals surface area (Å²) in [6.07, 6.45) is 0.600. The first kappa shape index (κ1) is 76.7. The van der Waals surface area contributed by atoms with Crippen LogP contribution in [0.4, 0.5) is 0 Å². The molecule has 35 heteroatoms. The van der Waals surface area contributed by atoms with E-state index in [-0.39, 0.29) is 121 Å². The zero-order chi connectivity index (χ0) is 64.8. The normalized spacial score (nSPS) is 14.4. The van der Waals surface area contributed by atoms with Crippen LogP contribution >= 0.6 is 0 Å². The largest absolute Gasteiger partial charge is 0.391 e. The van der Waals surface area contributed by atoms with E-state index in [4.69, 9.17) is 63.1 Å². The number of nitrogens with one attached hydrogen (secondary N) is 9. The maximum Gasteiger partial charge on any atom is 0.243 e. The standard InChI is InChI=1S/C50H98N24O11/c1-26(2)36(73-44(83)34(18-12-24-64-49(58)59)68-39(78)27(3)66-40(79)30(67-29(5)76)16-10-22-62-47(54)55)46(85)72-33(17-11-23-63-48(56)57)43(82)70-31(14-6-8-20-51)41(80)69-32(15-7-9-21-52)42(81)71-35(19-13-25-65-50(60)61)45(84)74-37(28(4)75)38(53)77/h26-28,30-37,75H,6-25,51-52H2,1-5H3,(H2,53,77)(H,66,79)(H,67,76)(H,68,78)(H,69,80)(H,70,82)(H,71,81)(H,72,85)(H,73,83)(H,74,84)(H4,54,55,62)(H4,56,57,63)(H4,58,59,64)(H4,60,61,65)/t27-,28+,30-,31-,32-,33-,34-,35-,36-,37-/m0/s1. The number of carbonyl (C=O) groups is 10. The molecule has 10 amide bonds. The maximum atomic E-state index is 14.5. The van der Waals surface area contributed by atoms with Gasteiger partial charge in [-0.15, -0.1) is 0 Å². The lowest BCUT2D eigenvalue weighted by Gasteiger charge is -2.29. The van der Waals surface area contributed by atoms with Crippen molar-refractivity contribution in [3.63, 3.8) is 0 Å². The van der Waals surface area contributed by atoms with Gasteiger partial charge in [0.05, 0.1) is 6.10 Å². The van der Waals surface area contributed by atoms with Gasteiger partial charge in [0.1, 0.15) is 54.4 Å². The van der Waals surface area contributed by atoms with Crippen molar-refractivity contribution in [1.82, 2.24) is 47.9 Å². The van der Waals surface area contributed by atoms with E-state index in [0.29, 0.717) is 32.1 Å². The van der Waals surface area contributed by atoms with E-state index < -0.39 is 125 Å². The number of hydrogen-bond donors (Lipinski definition) is 21. The lowest BCUT2D eigenvalue weighted by Crippen LogP contribution is -2.61. The zero-order valence-electron chi connectivity index (χ0n) is 49.7. The highest BCUT2D eigenvalue weighted by Gasteiger charge is 2.36. The van der Waals surface area contributed by atoms with Crippen LogP contribution in [0.25, 0.3) is 0 Å². The van der Waals surface area contributed by atoms with Crippen LogP contribution in [-0.4, -0.2) is 188 Å². The molecule has 0 rings (SSSR count). The highest BCUT2D eigenvalue weighted by atomic mass is 16.3. The second-order valence-electron chi connectivity index (χ2n) is 20.5. The minimum absolute atomic E-state index is 0.00431. The SMILES string of the molecule is CC(=O)N[C@@H](CCCN=C(N)N)C(=O)N[C@@H](C)C(=O)N[C@@H](CCCN=C(N)N)C(=O)N[C@H](C(=O)N[C@@H](CCCN=C(N)N)C(=O)N[C@@H](CCCCN)C(=O)N[C@@H](CCCCN)C(=O)N[C@@H](CCCN=C(N)N)C(=O)N[C@H](C(N)=O)[C@@H](C)O)C(C)C. The Morgan fingerprint density at radius 1 is 0.353 bits per heavy atom. The molecule has 0 unspecified atom stereocenters. The second-order valence-corrected chi connectivity index (χ2v) is 20.5. The Hall–Kier alpha value is -8.34. The molecule has 85 heavy (non-hydrogen) atoms. The monoisotopic (exact) mass is 1210 g/mol. The molecule has 0 bridgehead atoms. The third kappa shape index (κ3) is 34.1. The summed E-state index contributed by atoms with van der Waals surface area (Å²) in [5.41, 5.74) is 60.7. The van der Waals surface area contributed by atoms with Gasteiger partial charge >= 0.3 is 0 Å². The Morgan fingerprint density at radius 3 is 0.906 bits per heavy atom. The van der Waals surface area contributed by atoms with Gasteiger partial charge in [0.2, 0.25) is 59.1 Å². The summed E-state index contributed by atoms with van der Waals surface area (Å²) in [5.74, 6) is -9.73. The predicted molar refractivity (Wildman–Crippen MR) is 320 cm³/mol. The number of nitrogens with zero attached hydrogens (tertiary/aromatic N) is 4. The van der Waals surface area contributed by atoms with Crippen molar-refractivity contribution < 1.29 is 53.1 Å². The van der Waals surface area contributed by atoms with Crippen molar-refractivity contribution >= 4 is 82.9 Å². The Bertz CT molecular complexity index is 2270. The number of unbranched alkanes of at least 4 members (excludes halogenated alkanes) is 2. The summed E-state index contributed by atoms with van der Waals surface area (Å²) in [6.45, 7) is 7.71. The number of aliphatic hydroxyl groups excluding tert-OH is 1. The van der Waals surface area contributed by atoms with Crippen molar-refractivity contribution in [2.75, 3.05) is 39.3 Å². The van der Waals surface area contributed by atoms with Crippen LogP contribution in [-0.2, 0) is 47.9 Å². The number of amides is 10. The van der Waals surface area contributed by atoms with Crippen LogP contribution < -0.4 is 111 Å². The first-order chi connectivity index (χ1) is 39.9. The molecule has 0 heterocycles. The molecule has 10 atom stereocenters. The Balaban J connectivity index is 7.02. The third-order valence-electron chi connectivity index (χ3n) is 12.6. The smallest absolute Gasteiger partial charge is 0.243 e. The summed E-state index contributed by atoms with van der Waals surface area (Å²) in [4.78, 5) is 152. The summed E-state index contributed by atoms with van der Waals surface area (Å²) in [7, 11) is 0. The highest BCUT2D eigenvalue weighted by Crippen LogP contribution is 2.12. The van der Waals surface area contributed by atoms with E-state index in [1.54, 1.807) is 13.8 Å². The number of nitrogens with two attached hydrogens (primary N) is 11. The summed E-state index contributed by atoms with van der Waals surface area (Å²) < 4.78 is 0. The molecule has 0 aromatic rings. The fraction of sp³-hybridized carbons (Fsp3) is 0.720. The second kappa shape index (κ2) is 42.5. The van der Waals surface area contributed by atoms with Crippen LogP contribution in [0, 0.1) is 5.92 Å². The van der Waals surface area contributed by atoms with E-state index in [1.165, 1.54) is 20.8 Å². The average Bonchev–Trinajstić information content (AvgIpc) is 3.41. The minimum atomic E-state index is -1.53. The first-order valence-electron chi connectivity index (χ1n) is 28.2. The molecule has 0 aliphatic carbocycles. The Morgan fingerprint density at radius 2 is 0.624 bits per heavy atom. The average molecular weight is 1210 g/mol. The molecule has 0 aromatic carbocycles. The highest BCUT2D eigenvalue weighted by molar-refractivity contribution is 5.98. The van der Waals surface area contributed by atoms with Gasteiger partial charge in [0.15, 0.2) is 23.8 Å². The topological polar surface area (TPSA) is 635 Å². The van der Waals surface area contributed by atoms with Crippen molar-refractivity contribution in [2.45, 2.75) is 185 Å². The lowest BCUT2D eigenvalue weighted by atomic mass is 10.0. The van der Waals surface area contributed by atoms with Crippen LogP contribution in [0.5, 0.6) is 0 Å². The minimum Gasteiger partial charge on any atom is -0.391 e. The zero-order valence-corrected chi connectivity index (χ0v) is 49.7. The van der Waals surface area contributed by atoms with Crippen molar-refractivity contribution in [3.8, 4) is 0 Å². The lowest BCUT2D eigenvalue weighted by molar-refractivity contribution is -0.136. The predicted octanol–water partition coefficient (Wildman–Crippen LogP) is -8.62. The summed E-state index contributed by atoms with van der Waals surface area (Å²) in [5, 5.41) is 33.5. The fourth-order valence-corrected chi connectivity index (χ4v) is 8.08. The summed E-state index contributed by atoms with van der Waals surface area (Å²) in [6, 6.07) is -12.0. The van der Waals surface area contributed by atoms with Gasteiger partial charge in [-0.1, -0.05) is 13.8 Å². The first-order valence-corrected chi connectivity index (χ1v) is 28.2. The van der Waals surface area contributed by atoms with Gasteiger partial charge in [-0.2, -0.15) is 0 Å². The van der Waals surface area contributed by atoms with Crippen LogP contribution in [0.15, 0.2) is 20.0 Å². The molecule has 0 aliphatic heterocycles. The van der Waals surface area contributed by atoms with E-state index >= 15 is 0 Å². The quantitative estimate of drug-likeness (QED) is 0.0153. The van der Waals surface area contributed by atoms with Gasteiger partial charge in [-0.25, -0.2) is 0 Å². The van der Waals surface area contributed by atoms with Crippen LogP contribution in [0.3, 0.4) is 0 Å². The fourth-order valence-electron chi connectivity index (χ4n) is 8.08. The summed E-state index contributed by atoms with van der Waals surface area (Å²) >= 11 is 0. The molecule has 0 aliphatic rings. The third-order valence-corrected chi connectivity index (χ3v) is 12.6. The van der Waals surface area contributed by atoms with Crippen molar-refractivity contribution in [2.24, 2.45) is 89.0 Å². The molecule has 484 valence electrons. The maximum absolute atomic E-state index is 14.5. The molecule has 0 saturated carbocycles. The molecule has 0 spiro atoms. The number of hydrogen-bond acceptors (Lipinski definition) is 17. The van der Waals surface area contributed by atoms with E-state index in [0.717, 1.165) is 0 Å². The van der Waals surface area contributed by atoms with Gasteiger partial charge in [-0.3, -0.25) is 67.9 Å². The number of carbonyl (C=O) groups excluding carboxylic acids is 10. The van der Waals surface area contributed by atoms with E-state index in [1.807, 2.05) is 0 Å². The van der Waals surface area contributed by atoms with Gasteiger partial charge < -0.3 is 116 Å². The molecular weight excluding hydrogens is 1110 g/mol. The molecule has 35 nitrogen and oxygen atoms in total. The Labute approximate surface area is 495 Å². The van der Waals surface area contributed by atoms with Gasteiger partial charge in [-0.05, 0) is 123 Å². The number of aliphatic imine (C=N–C) groups is 4. The molecule has 0 aromatic heterocycles. The molecule has 0 radical (unpaired) electrons. The molecule has 32 N–H and O–H groups in total. The van der Waals surface area contributed by atoms with E-state index in [2.05, 4.69) is 67.8 Å². The number of primary amides is 1. The molecular formula is C50H98N24O11. The molecule has 0 saturated heterocycles. The number of aliphatic hydroxyl groups is 1. The van der Waals surface area contributed by atoms with Crippen molar-refractivity contribution in [3.05, 3.63) is 0 Å². The van der Waals surface area contributed by atoms with Crippen LogP contribution in [0.1, 0.15) is 125 Å². The number of rotatable bonds is 44. The number of guanidine groups is 4. The van der Waals surface area contributed by atoms with Gasteiger partial charge in [0, 0.05) is 33.1 Å². The van der Waals surface area contributed by atoms with Gasteiger partial charge in [0.25, 0.3) is 0 Å². The van der Waals surface area contributed by atoms with Crippen LogP contribution in [0.2, 0.25) is 0 Å². The van der Waals surface area contributed by atoms with E-state index in [9.17, 15) is 53.1 Å². The van der Waals surface area contributed by atoms with Crippen molar-refractivity contribution in [1.29, 1.82) is 0 Å². The molecule has 0 fully saturated rings. The Kier molecular flexibility index (Phi) is 38.3.